The van der Waals surface area contributed by atoms with E-state index in [-0.39, 0.29) is 0 Å². The van der Waals surface area contributed by atoms with E-state index in [0.29, 0.717) is 29.4 Å². The van der Waals surface area contributed by atoms with Crippen molar-refractivity contribution in [3.63, 3.8) is 0 Å². The van der Waals surface area contributed by atoms with Gasteiger partial charge < -0.3 is 19.5 Å². The highest BCUT2D eigenvalue weighted by molar-refractivity contribution is 5.96. The highest BCUT2D eigenvalue weighted by Gasteiger charge is 2.16. The maximum Gasteiger partial charge on any atom is 0.331 e. The largest absolute Gasteiger partial charge is 0.493 e. The first-order valence-electron chi connectivity index (χ1n) is 8.97. The molecule has 0 heterocycles. The standard InChI is InChI=1S/C22H22N2O5/c1-4-28-19-11-7-16(13-20(19)27-3)8-12-21(25)29-15(2)22(26)24-18-9-5-17(14-23)6-10-18/h5-13,15H,4H2,1-3H3,(H,24,26)/b12-8+. The molecule has 7 nitrogen and oxygen atoms in total. The van der Waals surface area contributed by atoms with Crippen LogP contribution in [0.1, 0.15) is 25.0 Å². The molecule has 29 heavy (non-hydrogen) atoms. The minimum Gasteiger partial charge on any atom is -0.493 e. The van der Waals surface area contributed by atoms with Crippen LogP contribution in [0.4, 0.5) is 5.69 Å². The normalized spacial score (nSPS) is 11.4. The van der Waals surface area contributed by atoms with Gasteiger partial charge in [-0.3, -0.25) is 4.79 Å². The van der Waals surface area contributed by atoms with Crippen molar-refractivity contribution in [3.05, 3.63) is 59.7 Å². The van der Waals surface area contributed by atoms with Gasteiger partial charge in [0, 0.05) is 11.8 Å². The number of anilines is 1. The smallest absolute Gasteiger partial charge is 0.331 e. The number of rotatable bonds is 8. The zero-order chi connectivity index (χ0) is 21.2. The number of hydrogen-bond donors (Lipinski definition) is 1. The molecule has 1 N–H and O–H groups in total. The van der Waals surface area contributed by atoms with Gasteiger partial charge in [0.05, 0.1) is 25.3 Å². The SMILES string of the molecule is CCOc1ccc(/C=C/C(=O)OC(C)C(=O)Nc2ccc(C#N)cc2)cc1OC. The minimum atomic E-state index is -0.988. The fraction of sp³-hybridized carbons (Fsp3) is 0.227. The number of carbonyl (C=O) groups is 2. The lowest BCUT2D eigenvalue weighted by molar-refractivity contribution is -0.148. The van der Waals surface area contributed by atoms with Crippen LogP contribution in [-0.4, -0.2) is 31.7 Å². The Balaban J connectivity index is 1.93. The van der Waals surface area contributed by atoms with Crippen LogP contribution in [-0.2, 0) is 14.3 Å². The molecule has 2 aromatic carbocycles. The summed E-state index contributed by atoms with van der Waals surface area (Å²) in [4.78, 5) is 24.2. The average Bonchev–Trinajstić information content (AvgIpc) is 2.73. The van der Waals surface area contributed by atoms with Crippen molar-refractivity contribution in [2.45, 2.75) is 20.0 Å². The highest BCUT2D eigenvalue weighted by Crippen LogP contribution is 2.28. The number of nitriles is 1. The van der Waals surface area contributed by atoms with Crippen LogP contribution in [0.3, 0.4) is 0 Å². The van der Waals surface area contributed by atoms with Crippen LogP contribution in [0.25, 0.3) is 6.08 Å². The molecular weight excluding hydrogens is 372 g/mol. The predicted molar refractivity (Wildman–Crippen MR) is 109 cm³/mol. The zero-order valence-electron chi connectivity index (χ0n) is 16.5. The second-order valence-electron chi connectivity index (χ2n) is 5.93. The first kappa shape index (κ1) is 21.5. The lowest BCUT2D eigenvalue weighted by atomic mass is 10.2. The molecule has 0 aliphatic rings. The molecule has 0 aromatic heterocycles. The molecule has 1 amide bonds. The van der Waals surface area contributed by atoms with Crippen molar-refractivity contribution in [1.82, 2.24) is 0 Å². The molecule has 2 rings (SSSR count). The van der Waals surface area contributed by atoms with Gasteiger partial charge in [-0.25, -0.2) is 4.79 Å². The summed E-state index contributed by atoms with van der Waals surface area (Å²) in [6, 6.07) is 13.6. The molecule has 2 aromatic rings. The summed E-state index contributed by atoms with van der Waals surface area (Å²) < 4.78 is 15.8. The third kappa shape index (κ3) is 6.40. The fourth-order valence-corrected chi connectivity index (χ4v) is 2.37. The Labute approximate surface area is 169 Å². The Morgan fingerprint density at radius 1 is 1.17 bits per heavy atom. The molecule has 0 fully saturated rings. The number of nitrogens with zero attached hydrogens (tertiary/aromatic N) is 1. The number of amides is 1. The summed E-state index contributed by atoms with van der Waals surface area (Å²) in [5.41, 5.74) is 1.71. The minimum absolute atomic E-state index is 0.473. The van der Waals surface area contributed by atoms with Crippen LogP contribution in [0.5, 0.6) is 11.5 Å². The molecule has 0 bridgehead atoms. The Morgan fingerprint density at radius 2 is 1.90 bits per heavy atom. The number of hydrogen-bond acceptors (Lipinski definition) is 6. The quantitative estimate of drug-likeness (QED) is 0.543. The summed E-state index contributed by atoms with van der Waals surface area (Å²) >= 11 is 0. The lowest BCUT2D eigenvalue weighted by Crippen LogP contribution is -2.29. The predicted octanol–water partition coefficient (Wildman–Crippen LogP) is 3.55. The van der Waals surface area contributed by atoms with Crippen molar-refractivity contribution in [2.24, 2.45) is 0 Å². The van der Waals surface area contributed by atoms with Gasteiger partial charge in [-0.15, -0.1) is 0 Å². The van der Waals surface area contributed by atoms with E-state index >= 15 is 0 Å². The number of esters is 1. The molecular formula is C22H22N2O5. The van der Waals surface area contributed by atoms with Crippen LogP contribution >= 0.6 is 0 Å². The molecule has 150 valence electrons. The van der Waals surface area contributed by atoms with E-state index in [9.17, 15) is 9.59 Å². The second kappa shape index (κ2) is 10.5. The average molecular weight is 394 g/mol. The topological polar surface area (TPSA) is 97.6 Å². The molecule has 1 atom stereocenters. The maximum absolute atomic E-state index is 12.2. The molecule has 0 spiro atoms. The van der Waals surface area contributed by atoms with Crippen LogP contribution in [0.2, 0.25) is 0 Å². The molecule has 7 heteroatoms. The summed E-state index contributed by atoms with van der Waals surface area (Å²) in [6.45, 7) is 3.87. The van der Waals surface area contributed by atoms with E-state index in [0.717, 1.165) is 5.56 Å². The van der Waals surface area contributed by atoms with Gasteiger partial charge in [-0.1, -0.05) is 6.07 Å². The third-order valence-electron chi connectivity index (χ3n) is 3.84. The van der Waals surface area contributed by atoms with Gasteiger partial charge >= 0.3 is 5.97 Å². The van der Waals surface area contributed by atoms with Crippen molar-refractivity contribution >= 4 is 23.6 Å². The van der Waals surface area contributed by atoms with Gasteiger partial charge in [0.2, 0.25) is 0 Å². The molecule has 0 saturated heterocycles. The van der Waals surface area contributed by atoms with Crippen molar-refractivity contribution in [2.75, 3.05) is 19.0 Å². The van der Waals surface area contributed by atoms with Gasteiger partial charge in [0.1, 0.15) is 0 Å². The summed E-state index contributed by atoms with van der Waals surface area (Å²) in [6.07, 6.45) is 1.81. The maximum atomic E-state index is 12.2. The summed E-state index contributed by atoms with van der Waals surface area (Å²) in [5, 5.41) is 11.4. The van der Waals surface area contributed by atoms with E-state index in [2.05, 4.69) is 5.32 Å². The highest BCUT2D eigenvalue weighted by atomic mass is 16.5. The molecule has 0 aliphatic carbocycles. The van der Waals surface area contributed by atoms with Crippen molar-refractivity contribution in [1.29, 1.82) is 5.26 Å². The van der Waals surface area contributed by atoms with Gasteiger partial charge in [-0.2, -0.15) is 5.26 Å². The summed E-state index contributed by atoms with van der Waals surface area (Å²) in [7, 11) is 1.54. The third-order valence-corrected chi connectivity index (χ3v) is 3.84. The molecule has 0 radical (unpaired) electrons. The first-order valence-corrected chi connectivity index (χ1v) is 8.97. The Morgan fingerprint density at radius 3 is 2.52 bits per heavy atom. The van der Waals surface area contributed by atoms with E-state index in [4.69, 9.17) is 19.5 Å². The Bertz CT molecular complexity index is 929. The molecule has 0 aliphatic heterocycles. The number of nitrogens with one attached hydrogen (secondary N) is 1. The van der Waals surface area contributed by atoms with E-state index in [1.54, 1.807) is 48.5 Å². The molecule has 0 saturated carbocycles. The van der Waals surface area contributed by atoms with Crippen LogP contribution in [0, 0.1) is 11.3 Å². The van der Waals surface area contributed by atoms with Gasteiger partial charge in [0.15, 0.2) is 17.6 Å². The zero-order valence-corrected chi connectivity index (χ0v) is 16.5. The molecule has 1 unspecified atom stereocenters. The Kier molecular flexibility index (Phi) is 7.80. The van der Waals surface area contributed by atoms with Crippen LogP contribution < -0.4 is 14.8 Å². The van der Waals surface area contributed by atoms with E-state index in [1.807, 2.05) is 13.0 Å². The Hall–Kier alpha value is -3.79. The van der Waals surface area contributed by atoms with E-state index < -0.39 is 18.0 Å². The number of benzene rings is 2. The van der Waals surface area contributed by atoms with Gasteiger partial charge in [-0.05, 0) is 61.9 Å². The van der Waals surface area contributed by atoms with Crippen LogP contribution in [0.15, 0.2) is 48.5 Å². The number of methoxy groups -OCH3 is 1. The second-order valence-corrected chi connectivity index (χ2v) is 5.93. The van der Waals surface area contributed by atoms with Gasteiger partial charge in [0.25, 0.3) is 5.91 Å². The number of carbonyl (C=O) groups excluding carboxylic acids is 2. The first-order chi connectivity index (χ1) is 14.0. The fourth-order valence-electron chi connectivity index (χ4n) is 2.37. The number of ether oxygens (including phenoxy) is 3. The summed E-state index contributed by atoms with van der Waals surface area (Å²) in [5.74, 6) is 0.0416. The van der Waals surface area contributed by atoms with Crippen molar-refractivity contribution < 1.29 is 23.8 Å². The van der Waals surface area contributed by atoms with E-state index in [1.165, 1.54) is 20.1 Å². The van der Waals surface area contributed by atoms with Crippen molar-refractivity contribution in [3.8, 4) is 17.6 Å². The monoisotopic (exact) mass is 394 g/mol. The lowest BCUT2D eigenvalue weighted by Gasteiger charge is -2.12.